The van der Waals surface area contributed by atoms with Gasteiger partial charge in [-0.15, -0.1) is 0 Å². The molecular weight excluding hydrogens is 406 g/mol. The maximum absolute atomic E-state index is 13.5. The zero-order valence-electron chi connectivity index (χ0n) is 17.6. The lowest BCUT2D eigenvalue weighted by molar-refractivity contribution is -0.128. The topological polar surface area (TPSA) is 55.2 Å². The Morgan fingerprint density at radius 2 is 1.58 bits per heavy atom. The summed E-state index contributed by atoms with van der Waals surface area (Å²) in [6.07, 6.45) is 0. The quantitative estimate of drug-likeness (QED) is 0.343. The van der Waals surface area contributed by atoms with Crippen LogP contribution < -0.4 is 5.56 Å². The molecule has 1 aromatic heterocycles. The van der Waals surface area contributed by atoms with Crippen molar-refractivity contribution in [1.29, 1.82) is 0 Å². The molecule has 1 atom stereocenters. The third-order valence-electron chi connectivity index (χ3n) is 5.03. The van der Waals surface area contributed by atoms with Crippen LogP contribution in [0.25, 0.3) is 16.6 Å². The number of hydrogen-bond acceptors (Lipinski definition) is 4. The van der Waals surface area contributed by atoms with E-state index in [-0.39, 0.29) is 11.5 Å². The fraction of sp³-hybridized carbons (Fsp3) is 0.160. The summed E-state index contributed by atoms with van der Waals surface area (Å²) >= 11 is 1.29. The summed E-state index contributed by atoms with van der Waals surface area (Å²) in [6.45, 7) is 2.00. The van der Waals surface area contributed by atoms with Gasteiger partial charge in [0.1, 0.15) is 5.25 Å². The number of amides is 1. The van der Waals surface area contributed by atoms with E-state index in [4.69, 9.17) is 4.98 Å². The van der Waals surface area contributed by atoms with Gasteiger partial charge in [0.15, 0.2) is 5.16 Å². The van der Waals surface area contributed by atoms with Gasteiger partial charge >= 0.3 is 0 Å². The molecule has 0 N–H and O–H groups in total. The molecule has 0 saturated heterocycles. The van der Waals surface area contributed by atoms with Crippen molar-refractivity contribution in [3.8, 4) is 5.69 Å². The van der Waals surface area contributed by atoms with Gasteiger partial charge in [0.05, 0.1) is 16.6 Å². The first-order valence-corrected chi connectivity index (χ1v) is 10.9. The fourth-order valence-electron chi connectivity index (χ4n) is 3.34. The molecule has 1 heterocycles. The maximum Gasteiger partial charge on any atom is 0.266 e. The highest BCUT2D eigenvalue weighted by Crippen LogP contribution is 2.36. The second-order valence-electron chi connectivity index (χ2n) is 7.53. The highest BCUT2D eigenvalue weighted by atomic mass is 32.2. The van der Waals surface area contributed by atoms with Crippen LogP contribution in [-0.4, -0.2) is 34.5 Å². The Morgan fingerprint density at radius 3 is 2.26 bits per heavy atom. The molecule has 6 heteroatoms. The Balaban J connectivity index is 1.92. The molecule has 5 nitrogen and oxygen atoms in total. The molecule has 4 aromatic rings. The first-order valence-electron chi connectivity index (χ1n) is 9.97. The largest absolute Gasteiger partial charge is 0.348 e. The Hall–Kier alpha value is -3.38. The number of nitrogens with zero attached hydrogens (tertiary/aromatic N) is 3. The van der Waals surface area contributed by atoms with E-state index in [1.54, 1.807) is 29.6 Å². The van der Waals surface area contributed by atoms with Crippen LogP contribution in [0.4, 0.5) is 0 Å². The Morgan fingerprint density at radius 1 is 0.935 bits per heavy atom. The minimum absolute atomic E-state index is 0.0611. The van der Waals surface area contributed by atoms with E-state index in [1.807, 2.05) is 79.7 Å². The van der Waals surface area contributed by atoms with Crippen LogP contribution in [0.15, 0.2) is 88.8 Å². The predicted molar refractivity (Wildman–Crippen MR) is 126 cm³/mol. The van der Waals surface area contributed by atoms with Crippen molar-refractivity contribution in [2.45, 2.75) is 17.3 Å². The Kier molecular flexibility index (Phi) is 5.91. The van der Waals surface area contributed by atoms with E-state index in [0.717, 1.165) is 16.8 Å². The zero-order chi connectivity index (χ0) is 22.0. The van der Waals surface area contributed by atoms with Crippen molar-refractivity contribution in [3.63, 3.8) is 0 Å². The number of thioether (sulfide) groups is 1. The minimum atomic E-state index is -0.527. The number of hydrogen-bond donors (Lipinski definition) is 0. The highest BCUT2D eigenvalue weighted by molar-refractivity contribution is 8.00. The summed E-state index contributed by atoms with van der Waals surface area (Å²) < 4.78 is 1.60. The van der Waals surface area contributed by atoms with Crippen LogP contribution in [0.1, 0.15) is 16.4 Å². The SMILES string of the molecule is Cc1ccc(-n2c(SC(C(=O)N(C)C)c3ccccc3)nc3ccccc3c2=O)cc1. The molecule has 1 unspecified atom stereocenters. The standard InChI is InChI=1S/C25H23N3O2S/c1-17-13-15-19(16-14-17)28-23(29)20-11-7-8-12-21(20)26-25(28)31-22(24(30)27(2)3)18-9-5-4-6-10-18/h4-16,22H,1-3H3. The number of rotatable bonds is 5. The van der Waals surface area contributed by atoms with E-state index >= 15 is 0 Å². The first kappa shape index (κ1) is 20.9. The molecule has 0 spiro atoms. The Labute approximate surface area is 185 Å². The highest BCUT2D eigenvalue weighted by Gasteiger charge is 2.26. The third kappa shape index (κ3) is 4.25. The number of carbonyl (C=O) groups excluding carboxylic acids is 1. The Bertz CT molecular complexity index is 1280. The third-order valence-corrected chi connectivity index (χ3v) is 6.22. The summed E-state index contributed by atoms with van der Waals surface area (Å²) in [5, 5.41) is 0.500. The summed E-state index contributed by atoms with van der Waals surface area (Å²) in [5.41, 5.74) is 3.15. The normalized spacial score (nSPS) is 12.0. The van der Waals surface area contributed by atoms with Crippen LogP contribution in [0.5, 0.6) is 0 Å². The molecule has 1 amide bonds. The second kappa shape index (κ2) is 8.78. The number of carbonyl (C=O) groups is 1. The monoisotopic (exact) mass is 429 g/mol. The minimum Gasteiger partial charge on any atom is -0.348 e. The summed E-state index contributed by atoms with van der Waals surface area (Å²) in [4.78, 5) is 32.9. The molecule has 156 valence electrons. The van der Waals surface area contributed by atoms with E-state index in [9.17, 15) is 9.59 Å². The lowest BCUT2D eigenvalue weighted by Gasteiger charge is -2.22. The van der Waals surface area contributed by atoms with Crippen LogP contribution in [0.2, 0.25) is 0 Å². The van der Waals surface area contributed by atoms with Crippen LogP contribution in [0.3, 0.4) is 0 Å². The van der Waals surface area contributed by atoms with Gasteiger partial charge in [0.25, 0.3) is 5.56 Å². The van der Waals surface area contributed by atoms with Crippen molar-refractivity contribution in [1.82, 2.24) is 14.5 Å². The smallest absolute Gasteiger partial charge is 0.266 e. The van der Waals surface area contributed by atoms with Crippen molar-refractivity contribution in [3.05, 3.63) is 100 Å². The molecule has 4 rings (SSSR count). The van der Waals surface area contributed by atoms with Crippen LogP contribution in [-0.2, 0) is 4.79 Å². The van der Waals surface area contributed by atoms with Crippen molar-refractivity contribution < 1.29 is 4.79 Å². The van der Waals surface area contributed by atoms with Gasteiger partial charge < -0.3 is 4.90 Å². The van der Waals surface area contributed by atoms with E-state index in [1.165, 1.54) is 11.8 Å². The molecule has 3 aromatic carbocycles. The van der Waals surface area contributed by atoms with Crippen LogP contribution in [0, 0.1) is 6.92 Å². The lowest BCUT2D eigenvalue weighted by atomic mass is 10.1. The van der Waals surface area contributed by atoms with Gasteiger partial charge in [-0.1, -0.05) is 71.9 Å². The van der Waals surface area contributed by atoms with Crippen molar-refractivity contribution in [2.75, 3.05) is 14.1 Å². The summed E-state index contributed by atoms with van der Waals surface area (Å²) in [6, 6.07) is 24.6. The van der Waals surface area contributed by atoms with Gasteiger partial charge in [-0.05, 0) is 36.8 Å². The molecule has 0 aliphatic carbocycles. The number of benzene rings is 3. The van der Waals surface area contributed by atoms with E-state index in [0.29, 0.717) is 16.1 Å². The van der Waals surface area contributed by atoms with E-state index < -0.39 is 5.25 Å². The molecule has 0 aliphatic rings. The molecule has 0 saturated carbocycles. The van der Waals surface area contributed by atoms with Crippen molar-refractivity contribution in [2.24, 2.45) is 0 Å². The number of aryl methyl sites for hydroxylation is 1. The fourth-order valence-corrected chi connectivity index (χ4v) is 4.60. The van der Waals surface area contributed by atoms with E-state index in [2.05, 4.69) is 0 Å². The predicted octanol–water partition coefficient (Wildman–Crippen LogP) is 4.62. The molecule has 0 bridgehead atoms. The maximum atomic E-state index is 13.5. The van der Waals surface area contributed by atoms with Gasteiger partial charge in [-0.3, -0.25) is 14.2 Å². The molecule has 0 radical (unpaired) electrons. The number of fused-ring (bicyclic) bond motifs is 1. The van der Waals surface area contributed by atoms with Gasteiger partial charge in [-0.25, -0.2) is 4.98 Å². The van der Waals surface area contributed by atoms with Crippen LogP contribution >= 0.6 is 11.8 Å². The average Bonchev–Trinajstić information content (AvgIpc) is 2.78. The molecule has 0 fully saturated rings. The average molecular weight is 430 g/mol. The summed E-state index contributed by atoms with van der Waals surface area (Å²) in [5.74, 6) is -0.0611. The number of likely N-dealkylation sites (N-methyl/N-ethyl adjacent to an activating group) is 1. The van der Waals surface area contributed by atoms with Gasteiger partial charge in [0.2, 0.25) is 5.91 Å². The lowest BCUT2D eigenvalue weighted by Crippen LogP contribution is -2.28. The second-order valence-corrected chi connectivity index (χ2v) is 8.60. The van der Waals surface area contributed by atoms with Gasteiger partial charge in [0, 0.05) is 14.1 Å². The first-order chi connectivity index (χ1) is 15.0. The van der Waals surface area contributed by atoms with Gasteiger partial charge in [-0.2, -0.15) is 0 Å². The molecular formula is C25H23N3O2S. The molecule has 0 aliphatic heterocycles. The van der Waals surface area contributed by atoms with Crippen molar-refractivity contribution >= 4 is 28.6 Å². The number of para-hydroxylation sites is 1. The number of aromatic nitrogens is 2. The molecule has 31 heavy (non-hydrogen) atoms. The summed E-state index contributed by atoms with van der Waals surface area (Å²) in [7, 11) is 3.47. The zero-order valence-corrected chi connectivity index (χ0v) is 18.5.